The van der Waals surface area contributed by atoms with Gasteiger partial charge in [0, 0.05) is 6.54 Å². The molecule has 0 heterocycles. The topological polar surface area (TPSA) is 38.8 Å². The van der Waals surface area contributed by atoms with Crippen molar-refractivity contribution in [3.05, 3.63) is 0 Å². The molecule has 0 atom stereocenters. The van der Waals surface area contributed by atoms with Crippen LogP contribution < -0.4 is 0 Å². The van der Waals surface area contributed by atoms with Crippen LogP contribution in [0.4, 0.5) is 4.79 Å². The largest absolute Gasteiger partial charge is 0.508 e. The van der Waals surface area contributed by atoms with E-state index < -0.39 is 6.16 Å². The van der Waals surface area contributed by atoms with Gasteiger partial charge in [0.05, 0.1) is 13.2 Å². The molecule has 0 aliphatic rings. The third-order valence-corrected chi connectivity index (χ3v) is 1.59. The minimum atomic E-state index is -0.566. The lowest BCUT2D eigenvalue weighted by atomic mass is 9.99. The van der Waals surface area contributed by atoms with Crippen LogP contribution in [0.1, 0.15) is 27.2 Å². The van der Waals surface area contributed by atoms with Gasteiger partial charge in [-0.1, -0.05) is 20.8 Å². The second kappa shape index (κ2) is 6.67. The van der Waals surface area contributed by atoms with Gasteiger partial charge in [0.1, 0.15) is 0 Å². The van der Waals surface area contributed by atoms with Crippen LogP contribution >= 0.6 is 0 Å². The molecule has 0 aromatic heterocycles. The Labute approximate surface area is 92.5 Å². The fraction of sp³-hybridized carbons (Fsp3) is 0.909. The Bertz CT molecular complexity index is 185. The molecule has 0 aromatic rings. The first-order valence-corrected chi connectivity index (χ1v) is 5.25. The highest BCUT2D eigenvalue weighted by molar-refractivity contribution is 5.59. The summed E-state index contributed by atoms with van der Waals surface area (Å²) in [6.07, 6.45) is 0.265. The standard InChI is InChI=1S/C11H23NO3/c1-11(2,3)9-15-10(13)14-8-6-7-12(4)5/h6-9H2,1-5H3. The molecule has 15 heavy (non-hydrogen) atoms. The monoisotopic (exact) mass is 217 g/mol. The van der Waals surface area contributed by atoms with E-state index in [0.717, 1.165) is 13.0 Å². The van der Waals surface area contributed by atoms with Gasteiger partial charge in [-0.3, -0.25) is 0 Å². The first-order chi connectivity index (χ1) is 6.81. The second-order valence-electron chi connectivity index (χ2n) is 5.10. The molecule has 0 spiro atoms. The molecule has 0 aliphatic heterocycles. The SMILES string of the molecule is CN(C)CCCOC(=O)OCC(C)(C)C. The van der Waals surface area contributed by atoms with E-state index in [1.54, 1.807) is 0 Å². The molecule has 4 nitrogen and oxygen atoms in total. The predicted molar refractivity (Wildman–Crippen MR) is 59.9 cm³/mol. The highest BCUT2D eigenvalue weighted by atomic mass is 16.7. The summed E-state index contributed by atoms with van der Waals surface area (Å²) < 4.78 is 9.84. The second-order valence-corrected chi connectivity index (χ2v) is 5.10. The summed E-state index contributed by atoms with van der Waals surface area (Å²) in [6, 6.07) is 0. The van der Waals surface area contributed by atoms with Crippen LogP contribution in [-0.2, 0) is 9.47 Å². The average Bonchev–Trinajstić information content (AvgIpc) is 2.07. The normalized spacial score (nSPS) is 11.6. The zero-order chi connectivity index (χ0) is 11.9. The summed E-state index contributed by atoms with van der Waals surface area (Å²) >= 11 is 0. The summed E-state index contributed by atoms with van der Waals surface area (Å²) in [5, 5.41) is 0. The van der Waals surface area contributed by atoms with Gasteiger partial charge in [0.15, 0.2) is 0 Å². The molecule has 0 radical (unpaired) electrons. The van der Waals surface area contributed by atoms with Crippen molar-refractivity contribution in [2.24, 2.45) is 5.41 Å². The number of hydrogen-bond donors (Lipinski definition) is 0. The fourth-order valence-electron chi connectivity index (χ4n) is 0.853. The Morgan fingerprint density at radius 2 is 1.80 bits per heavy atom. The molecule has 0 saturated heterocycles. The van der Waals surface area contributed by atoms with Gasteiger partial charge in [-0.15, -0.1) is 0 Å². The van der Waals surface area contributed by atoms with E-state index in [1.165, 1.54) is 0 Å². The van der Waals surface area contributed by atoms with Crippen LogP contribution in [0.5, 0.6) is 0 Å². The van der Waals surface area contributed by atoms with Crippen molar-refractivity contribution in [2.45, 2.75) is 27.2 Å². The number of carbonyl (C=O) groups excluding carboxylic acids is 1. The van der Waals surface area contributed by atoms with E-state index in [-0.39, 0.29) is 5.41 Å². The molecule has 0 rings (SSSR count). The van der Waals surface area contributed by atoms with Gasteiger partial charge >= 0.3 is 6.16 Å². The van der Waals surface area contributed by atoms with Crippen molar-refractivity contribution in [3.63, 3.8) is 0 Å². The molecule has 4 heteroatoms. The maximum atomic E-state index is 11.1. The summed E-state index contributed by atoms with van der Waals surface area (Å²) in [5.74, 6) is 0. The number of nitrogens with zero attached hydrogens (tertiary/aromatic N) is 1. The smallest absolute Gasteiger partial charge is 0.434 e. The van der Waals surface area contributed by atoms with Crippen LogP contribution in [0.15, 0.2) is 0 Å². The maximum absolute atomic E-state index is 11.1. The van der Waals surface area contributed by atoms with Crippen LogP contribution in [-0.4, -0.2) is 44.9 Å². The lowest BCUT2D eigenvalue weighted by Crippen LogP contribution is -2.20. The van der Waals surface area contributed by atoms with Gasteiger partial charge in [-0.25, -0.2) is 4.79 Å². The van der Waals surface area contributed by atoms with Gasteiger partial charge in [0.25, 0.3) is 0 Å². The number of carbonyl (C=O) groups is 1. The van der Waals surface area contributed by atoms with E-state index in [1.807, 2.05) is 39.8 Å². The third kappa shape index (κ3) is 11.2. The van der Waals surface area contributed by atoms with Gasteiger partial charge in [0.2, 0.25) is 0 Å². The Morgan fingerprint density at radius 1 is 1.20 bits per heavy atom. The van der Waals surface area contributed by atoms with Crippen molar-refractivity contribution in [3.8, 4) is 0 Å². The van der Waals surface area contributed by atoms with E-state index in [0.29, 0.717) is 13.2 Å². The molecule has 0 aromatic carbocycles. The van der Waals surface area contributed by atoms with Gasteiger partial charge in [-0.2, -0.15) is 0 Å². The highest BCUT2D eigenvalue weighted by Gasteiger charge is 2.14. The van der Waals surface area contributed by atoms with Crippen LogP contribution in [0.25, 0.3) is 0 Å². The molecule has 90 valence electrons. The highest BCUT2D eigenvalue weighted by Crippen LogP contribution is 2.13. The third-order valence-electron chi connectivity index (χ3n) is 1.59. The lowest BCUT2D eigenvalue weighted by molar-refractivity contribution is 0.0318. The maximum Gasteiger partial charge on any atom is 0.508 e. The van der Waals surface area contributed by atoms with Crippen LogP contribution in [0, 0.1) is 5.41 Å². The quantitative estimate of drug-likeness (QED) is 0.522. The zero-order valence-electron chi connectivity index (χ0n) is 10.5. The van der Waals surface area contributed by atoms with Crippen LogP contribution in [0.3, 0.4) is 0 Å². The molecular weight excluding hydrogens is 194 g/mol. The zero-order valence-corrected chi connectivity index (χ0v) is 10.5. The Hall–Kier alpha value is -0.770. The Balaban J connectivity index is 3.42. The molecular formula is C11H23NO3. The number of hydrogen-bond acceptors (Lipinski definition) is 4. The Kier molecular flexibility index (Phi) is 6.32. The number of rotatable bonds is 5. The Morgan fingerprint density at radius 3 is 2.27 bits per heavy atom. The van der Waals surface area contributed by atoms with Crippen LogP contribution in [0.2, 0.25) is 0 Å². The van der Waals surface area contributed by atoms with E-state index in [4.69, 9.17) is 9.47 Å². The number of ether oxygens (including phenoxy) is 2. The molecule has 0 bridgehead atoms. The van der Waals surface area contributed by atoms with Crippen molar-refractivity contribution in [1.29, 1.82) is 0 Å². The molecule has 0 saturated carbocycles. The van der Waals surface area contributed by atoms with Crippen molar-refractivity contribution >= 4 is 6.16 Å². The van der Waals surface area contributed by atoms with E-state index in [2.05, 4.69) is 0 Å². The molecule has 0 N–H and O–H groups in total. The van der Waals surface area contributed by atoms with Crippen molar-refractivity contribution < 1.29 is 14.3 Å². The summed E-state index contributed by atoms with van der Waals surface area (Å²) in [7, 11) is 3.97. The fourth-order valence-corrected chi connectivity index (χ4v) is 0.853. The van der Waals surface area contributed by atoms with Crippen molar-refractivity contribution in [2.75, 3.05) is 33.9 Å². The van der Waals surface area contributed by atoms with E-state index in [9.17, 15) is 4.79 Å². The molecule has 0 fully saturated rings. The molecule has 0 amide bonds. The van der Waals surface area contributed by atoms with Gasteiger partial charge < -0.3 is 14.4 Å². The predicted octanol–water partition coefficient (Wildman–Crippen LogP) is 2.14. The average molecular weight is 217 g/mol. The van der Waals surface area contributed by atoms with Gasteiger partial charge in [-0.05, 0) is 25.9 Å². The minimum absolute atomic E-state index is 0.0113. The summed E-state index contributed by atoms with van der Waals surface area (Å²) in [5.41, 5.74) is -0.0113. The summed E-state index contributed by atoms with van der Waals surface area (Å²) in [6.45, 7) is 7.73. The molecule has 0 aliphatic carbocycles. The van der Waals surface area contributed by atoms with Crippen molar-refractivity contribution in [1.82, 2.24) is 4.90 Å². The first kappa shape index (κ1) is 14.2. The minimum Gasteiger partial charge on any atom is -0.434 e. The first-order valence-electron chi connectivity index (χ1n) is 5.25. The molecule has 0 unspecified atom stereocenters. The lowest BCUT2D eigenvalue weighted by Gasteiger charge is -2.17. The summed E-state index contributed by atoms with van der Waals surface area (Å²) in [4.78, 5) is 13.1. The van der Waals surface area contributed by atoms with E-state index >= 15 is 0 Å².